The zero-order chi connectivity index (χ0) is 11.0. The van der Waals surface area contributed by atoms with Crippen LogP contribution in [0.3, 0.4) is 0 Å². The van der Waals surface area contributed by atoms with Crippen LogP contribution in [0, 0.1) is 13.8 Å². The Morgan fingerprint density at radius 1 is 1.27 bits per heavy atom. The third-order valence-electron chi connectivity index (χ3n) is 2.34. The summed E-state index contributed by atoms with van der Waals surface area (Å²) < 4.78 is 0. The SMILES string of the molecule is Cc1ccc(N2C(=O)CSC2=O)c(C)c1. The molecule has 0 bridgehead atoms. The number of aryl methyl sites for hydroxylation is 2. The van der Waals surface area contributed by atoms with E-state index in [1.54, 1.807) is 0 Å². The summed E-state index contributed by atoms with van der Waals surface area (Å²) in [6.45, 7) is 3.89. The molecule has 3 nitrogen and oxygen atoms in total. The van der Waals surface area contributed by atoms with Crippen LogP contribution in [0.4, 0.5) is 10.5 Å². The van der Waals surface area contributed by atoms with E-state index in [4.69, 9.17) is 0 Å². The van der Waals surface area contributed by atoms with Crippen LogP contribution in [-0.2, 0) is 4.79 Å². The highest BCUT2D eigenvalue weighted by Gasteiger charge is 2.31. The topological polar surface area (TPSA) is 37.4 Å². The summed E-state index contributed by atoms with van der Waals surface area (Å²) in [5.74, 6) is 0.128. The first kappa shape index (κ1) is 10.2. The molecule has 1 aliphatic rings. The average Bonchev–Trinajstić information content (AvgIpc) is 2.48. The fourth-order valence-electron chi connectivity index (χ4n) is 1.64. The van der Waals surface area contributed by atoms with Gasteiger partial charge in [-0.15, -0.1) is 0 Å². The minimum atomic E-state index is -0.174. The minimum Gasteiger partial charge on any atom is -0.273 e. The molecule has 1 aromatic rings. The Balaban J connectivity index is 2.45. The van der Waals surface area contributed by atoms with Gasteiger partial charge in [0.25, 0.3) is 5.24 Å². The molecular formula is C11H11NO2S. The molecule has 0 N–H and O–H groups in total. The molecule has 1 heterocycles. The molecule has 15 heavy (non-hydrogen) atoms. The Hall–Kier alpha value is -1.29. The Labute approximate surface area is 92.5 Å². The molecule has 0 aliphatic carbocycles. The second-order valence-corrected chi connectivity index (χ2v) is 4.50. The Bertz CT molecular complexity index is 426. The normalized spacial score (nSPS) is 16.3. The molecule has 78 valence electrons. The van der Waals surface area contributed by atoms with Crippen molar-refractivity contribution in [1.82, 2.24) is 0 Å². The number of rotatable bonds is 1. The Kier molecular flexibility index (Phi) is 2.52. The highest BCUT2D eigenvalue weighted by molar-refractivity contribution is 8.15. The summed E-state index contributed by atoms with van der Waals surface area (Å²) in [4.78, 5) is 24.3. The highest BCUT2D eigenvalue weighted by atomic mass is 32.2. The molecule has 2 rings (SSSR count). The van der Waals surface area contributed by atoms with Gasteiger partial charge in [0.05, 0.1) is 11.4 Å². The summed E-state index contributed by atoms with van der Waals surface area (Å²) in [7, 11) is 0. The summed E-state index contributed by atoms with van der Waals surface area (Å²) >= 11 is 1.06. The third kappa shape index (κ3) is 1.77. The number of carbonyl (C=O) groups is 2. The van der Waals surface area contributed by atoms with Gasteiger partial charge in [0, 0.05) is 0 Å². The van der Waals surface area contributed by atoms with E-state index in [9.17, 15) is 9.59 Å². The van der Waals surface area contributed by atoms with Gasteiger partial charge in [-0.2, -0.15) is 0 Å². The standard InChI is InChI=1S/C11H11NO2S/c1-7-3-4-9(8(2)5-7)12-10(13)6-15-11(12)14/h3-5H,6H2,1-2H3. The zero-order valence-corrected chi connectivity index (χ0v) is 9.43. The predicted molar refractivity (Wildman–Crippen MR) is 61.3 cm³/mol. The van der Waals surface area contributed by atoms with Crippen LogP contribution in [0.5, 0.6) is 0 Å². The first-order chi connectivity index (χ1) is 7.09. The predicted octanol–water partition coefficient (Wildman–Crippen LogP) is 2.50. The van der Waals surface area contributed by atoms with Crippen molar-refractivity contribution in [2.24, 2.45) is 0 Å². The van der Waals surface area contributed by atoms with Gasteiger partial charge in [-0.05, 0) is 25.5 Å². The lowest BCUT2D eigenvalue weighted by Crippen LogP contribution is -2.28. The van der Waals surface area contributed by atoms with Gasteiger partial charge in [-0.25, -0.2) is 4.90 Å². The minimum absolute atomic E-state index is 0.128. The number of benzene rings is 1. The number of imide groups is 1. The molecule has 1 fully saturated rings. The van der Waals surface area contributed by atoms with Crippen molar-refractivity contribution in [2.75, 3.05) is 10.7 Å². The zero-order valence-electron chi connectivity index (χ0n) is 8.61. The first-order valence-electron chi connectivity index (χ1n) is 4.66. The Morgan fingerprint density at radius 2 is 2.00 bits per heavy atom. The van der Waals surface area contributed by atoms with E-state index in [1.165, 1.54) is 4.90 Å². The molecule has 0 atom stereocenters. The largest absolute Gasteiger partial charge is 0.293 e. The van der Waals surface area contributed by atoms with E-state index < -0.39 is 0 Å². The molecule has 1 saturated heterocycles. The first-order valence-corrected chi connectivity index (χ1v) is 5.65. The molecule has 0 unspecified atom stereocenters. The lowest BCUT2D eigenvalue weighted by Gasteiger charge is -2.15. The molecule has 0 aromatic heterocycles. The van der Waals surface area contributed by atoms with Crippen LogP contribution < -0.4 is 4.90 Å². The smallest absolute Gasteiger partial charge is 0.273 e. The third-order valence-corrected chi connectivity index (χ3v) is 3.17. The molecule has 1 aromatic carbocycles. The van der Waals surface area contributed by atoms with Crippen molar-refractivity contribution >= 4 is 28.6 Å². The quantitative estimate of drug-likeness (QED) is 0.731. The van der Waals surface area contributed by atoms with E-state index in [0.717, 1.165) is 22.9 Å². The second-order valence-electron chi connectivity index (χ2n) is 3.57. The van der Waals surface area contributed by atoms with E-state index >= 15 is 0 Å². The van der Waals surface area contributed by atoms with Crippen LogP contribution in [0.1, 0.15) is 11.1 Å². The molecule has 4 heteroatoms. The Morgan fingerprint density at radius 3 is 2.53 bits per heavy atom. The van der Waals surface area contributed by atoms with Crippen molar-refractivity contribution in [3.8, 4) is 0 Å². The van der Waals surface area contributed by atoms with Crippen LogP contribution >= 0.6 is 11.8 Å². The van der Waals surface area contributed by atoms with Gasteiger partial charge in [-0.3, -0.25) is 9.59 Å². The second kappa shape index (κ2) is 3.70. The average molecular weight is 221 g/mol. The molecular weight excluding hydrogens is 210 g/mol. The fourth-order valence-corrected chi connectivity index (χ4v) is 2.35. The van der Waals surface area contributed by atoms with Crippen LogP contribution in [0.15, 0.2) is 18.2 Å². The van der Waals surface area contributed by atoms with Crippen molar-refractivity contribution in [3.63, 3.8) is 0 Å². The van der Waals surface area contributed by atoms with E-state index in [1.807, 2.05) is 32.0 Å². The van der Waals surface area contributed by atoms with Crippen LogP contribution in [-0.4, -0.2) is 16.9 Å². The molecule has 0 radical (unpaired) electrons. The number of hydrogen-bond donors (Lipinski definition) is 0. The number of nitrogens with zero attached hydrogens (tertiary/aromatic N) is 1. The van der Waals surface area contributed by atoms with Crippen molar-refractivity contribution in [3.05, 3.63) is 29.3 Å². The number of carbonyl (C=O) groups excluding carboxylic acids is 2. The maximum atomic E-state index is 11.5. The molecule has 2 amide bonds. The molecule has 0 spiro atoms. The monoisotopic (exact) mass is 221 g/mol. The summed E-state index contributed by atoms with van der Waals surface area (Å²) in [5.41, 5.74) is 2.79. The number of hydrogen-bond acceptors (Lipinski definition) is 3. The number of anilines is 1. The van der Waals surface area contributed by atoms with Gasteiger partial charge in [0.1, 0.15) is 0 Å². The van der Waals surface area contributed by atoms with Gasteiger partial charge in [0.2, 0.25) is 5.91 Å². The maximum absolute atomic E-state index is 11.5. The summed E-state index contributed by atoms with van der Waals surface area (Å²) in [5, 5.41) is -0.174. The van der Waals surface area contributed by atoms with Crippen LogP contribution in [0.25, 0.3) is 0 Å². The van der Waals surface area contributed by atoms with Gasteiger partial charge in [-0.1, -0.05) is 29.5 Å². The number of amides is 2. The lowest BCUT2D eigenvalue weighted by molar-refractivity contribution is -0.115. The van der Waals surface area contributed by atoms with Crippen molar-refractivity contribution < 1.29 is 9.59 Å². The number of thioether (sulfide) groups is 1. The fraction of sp³-hybridized carbons (Fsp3) is 0.273. The van der Waals surface area contributed by atoms with E-state index in [-0.39, 0.29) is 16.9 Å². The van der Waals surface area contributed by atoms with Crippen molar-refractivity contribution in [2.45, 2.75) is 13.8 Å². The molecule has 0 saturated carbocycles. The summed E-state index contributed by atoms with van der Waals surface area (Å²) in [6.07, 6.45) is 0. The summed E-state index contributed by atoms with van der Waals surface area (Å²) in [6, 6.07) is 5.71. The van der Waals surface area contributed by atoms with Gasteiger partial charge in [0.15, 0.2) is 0 Å². The van der Waals surface area contributed by atoms with Crippen LogP contribution in [0.2, 0.25) is 0 Å². The van der Waals surface area contributed by atoms with E-state index in [0.29, 0.717) is 5.69 Å². The van der Waals surface area contributed by atoms with E-state index in [2.05, 4.69) is 0 Å². The van der Waals surface area contributed by atoms with Gasteiger partial charge < -0.3 is 0 Å². The maximum Gasteiger partial charge on any atom is 0.293 e. The lowest BCUT2D eigenvalue weighted by atomic mass is 10.1. The van der Waals surface area contributed by atoms with Gasteiger partial charge >= 0.3 is 0 Å². The molecule has 1 aliphatic heterocycles. The highest BCUT2D eigenvalue weighted by Crippen LogP contribution is 2.29. The van der Waals surface area contributed by atoms with Crippen molar-refractivity contribution in [1.29, 1.82) is 0 Å².